The van der Waals surface area contributed by atoms with Crippen LogP contribution in [0.4, 0.5) is 0 Å². The molecule has 0 aliphatic heterocycles. The summed E-state index contributed by atoms with van der Waals surface area (Å²) in [5, 5.41) is 14.5. The van der Waals surface area contributed by atoms with Crippen molar-refractivity contribution in [3.63, 3.8) is 0 Å². The minimum absolute atomic E-state index is 0.223. The van der Waals surface area contributed by atoms with E-state index in [2.05, 4.69) is 20.6 Å². The molecule has 0 saturated carbocycles. The van der Waals surface area contributed by atoms with Crippen LogP contribution < -0.4 is 11.2 Å². The van der Waals surface area contributed by atoms with E-state index in [1.807, 2.05) is 86.0 Å². The van der Waals surface area contributed by atoms with Gasteiger partial charge in [-0.2, -0.15) is 5.21 Å². The summed E-state index contributed by atoms with van der Waals surface area (Å²) in [5.41, 5.74) is 4.10. The lowest BCUT2D eigenvalue weighted by Gasteiger charge is -2.13. The fraction of sp³-hybridized carbons (Fsp3) is 0.286. The summed E-state index contributed by atoms with van der Waals surface area (Å²) in [6, 6.07) is 16.1. The fourth-order valence-electron chi connectivity index (χ4n) is 4.66. The van der Waals surface area contributed by atoms with E-state index in [0.717, 1.165) is 28.1 Å². The average Bonchev–Trinajstić information content (AvgIpc) is 3.58. The second-order valence-electron chi connectivity index (χ2n) is 9.69. The third-order valence-corrected chi connectivity index (χ3v) is 6.51. The first-order valence-corrected chi connectivity index (χ1v) is 12.6. The Labute approximate surface area is 219 Å². The van der Waals surface area contributed by atoms with Gasteiger partial charge in [-0.25, -0.2) is 9.78 Å². The molecule has 2 aromatic carbocycles. The predicted octanol–water partition coefficient (Wildman–Crippen LogP) is 3.57. The summed E-state index contributed by atoms with van der Waals surface area (Å²) < 4.78 is 4.74. The Balaban J connectivity index is 1.59. The number of hydrogen-bond donors (Lipinski definition) is 1. The van der Waals surface area contributed by atoms with Crippen molar-refractivity contribution in [2.24, 2.45) is 13.0 Å². The number of imidazole rings is 1. The molecular formula is C28H30N8O2. The summed E-state index contributed by atoms with van der Waals surface area (Å²) >= 11 is 0. The Kier molecular flexibility index (Phi) is 6.87. The van der Waals surface area contributed by atoms with E-state index in [9.17, 15) is 9.59 Å². The van der Waals surface area contributed by atoms with Crippen LogP contribution in [0.3, 0.4) is 0 Å². The maximum absolute atomic E-state index is 13.3. The molecule has 3 heterocycles. The largest absolute Gasteiger partial charge is 0.332 e. The number of nitrogens with zero attached hydrogens (tertiary/aromatic N) is 7. The Morgan fingerprint density at radius 3 is 2.39 bits per heavy atom. The van der Waals surface area contributed by atoms with Gasteiger partial charge in [0.15, 0.2) is 11.2 Å². The quantitative estimate of drug-likeness (QED) is 0.319. The van der Waals surface area contributed by atoms with Crippen molar-refractivity contribution in [2.45, 2.75) is 40.3 Å². The van der Waals surface area contributed by atoms with Crippen LogP contribution in [0.5, 0.6) is 0 Å². The number of benzene rings is 2. The number of aromatic amines is 1. The van der Waals surface area contributed by atoms with Crippen molar-refractivity contribution in [3.8, 4) is 22.5 Å². The van der Waals surface area contributed by atoms with E-state index in [1.54, 1.807) is 4.57 Å². The van der Waals surface area contributed by atoms with E-state index in [-0.39, 0.29) is 17.2 Å². The van der Waals surface area contributed by atoms with E-state index >= 15 is 0 Å². The van der Waals surface area contributed by atoms with Crippen LogP contribution in [-0.4, -0.2) is 39.3 Å². The third kappa shape index (κ3) is 4.60. The molecule has 3 aromatic heterocycles. The number of nitrogens with one attached hydrogen (secondary N) is 1. The Hall–Kier alpha value is -4.60. The molecule has 38 heavy (non-hydrogen) atoms. The number of allylic oxidation sites excluding steroid dienone is 2. The van der Waals surface area contributed by atoms with Crippen LogP contribution in [0.15, 0.2) is 70.3 Å². The molecule has 10 nitrogen and oxygen atoms in total. The zero-order valence-corrected chi connectivity index (χ0v) is 21.9. The van der Waals surface area contributed by atoms with E-state index < -0.39 is 0 Å². The highest BCUT2D eigenvalue weighted by molar-refractivity contribution is 5.80. The number of tetrazole rings is 1. The Morgan fingerprint density at radius 1 is 1.00 bits per heavy atom. The minimum atomic E-state index is -0.344. The molecule has 194 valence electrons. The van der Waals surface area contributed by atoms with Crippen LogP contribution in [-0.2, 0) is 26.6 Å². The molecule has 0 fully saturated rings. The molecular weight excluding hydrogens is 480 g/mol. The van der Waals surface area contributed by atoms with Crippen LogP contribution in [0.1, 0.15) is 32.2 Å². The normalized spacial score (nSPS) is 11.8. The molecule has 0 saturated heterocycles. The summed E-state index contributed by atoms with van der Waals surface area (Å²) in [7, 11) is 1.53. The summed E-state index contributed by atoms with van der Waals surface area (Å²) in [5.74, 6) is 1.50. The van der Waals surface area contributed by atoms with Crippen LogP contribution in [0.2, 0.25) is 0 Å². The van der Waals surface area contributed by atoms with Gasteiger partial charge >= 0.3 is 5.69 Å². The standard InChI is InChI=1S/C28H30N8O2/c1-5-6-11-23-29-26-24(27(37)34(4)28(38)36(26)16-18(2)3)35(23)17-19-12-14-20(15-13-19)21-9-7-8-10-22(21)25-30-32-33-31-25/h5-10,12-15,18H,11,16-17H2,1-4H3,(H,30,31,32,33). The first-order chi connectivity index (χ1) is 18.4. The highest BCUT2D eigenvalue weighted by Gasteiger charge is 2.21. The zero-order chi connectivity index (χ0) is 26.8. The van der Waals surface area contributed by atoms with Gasteiger partial charge in [0.25, 0.3) is 5.56 Å². The molecule has 0 bridgehead atoms. The molecule has 0 atom stereocenters. The maximum atomic E-state index is 13.3. The maximum Gasteiger partial charge on any atom is 0.332 e. The number of aromatic nitrogens is 8. The highest BCUT2D eigenvalue weighted by atomic mass is 16.2. The second-order valence-corrected chi connectivity index (χ2v) is 9.69. The third-order valence-electron chi connectivity index (χ3n) is 6.51. The number of fused-ring (bicyclic) bond motifs is 1. The number of H-pyrrole nitrogens is 1. The van der Waals surface area contributed by atoms with Crippen molar-refractivity contribution in [1.29, 1.82) is 0 Å². The smallest absolute Gasteiger partial charge is 0.317 e. The predicted molar refractivity (Wildman–Crippen MR) is 147 cm³/mol. The molecule has 0 unspecified atom stereocenters. The van der Waals surface area contributed by atoms with Gasteiger partial charge in [-0.1, -0.05) is 74.5 Å². The molecule has 5 aromatic rings. The van der Waals surface area contributed by atoms with Gasteiger partial charge in [0.1, 0.15) is 5.82 Å². The van der Waals surface area contributed by atoms with Crippen LogP contribution in [0, 0.1) is 5.92 Å². The van der Waals surface area contributed by atoms with E-state index in [1.165, 1.54) is 11.6 Å². The van der Waals surface area contributed by atoms with Crippen molar-refractivity contribution < 1.29 is 0 Å². The molecule has 1 N–H and O–H groups in total. The number of hydrogen-bond acceptors (Lipinski definition) is 6. The molecule has 0 aliphatic rings. The van der Waals surface area contributed by atoms with Crippen molar-refractivity contribution in [2.75, 3.05) is 0 Å². The van der Waals surface area contributed by atoms with Gasteiger partial charge in [-0.15, -0.1) is 10.2 Å². The van der Waals surface area contributed by atoms with Gasteiger partial charge in [0, 0.05) is 32.1 Å². The van der Waals surface area contributed by atoms with Crippen LogP contribution >= 0.6 is 0 Å². The lowest BCUT2D eigenvalue weighted by Crippen LogP contribution is -2.39. The van der Waals surface area contributed by atoms with Gasteiger partial charge < -0.3 is 4.57 Å². The Morgan fingerprint density at radius 2 is 1.74 bits per heavy atom. The molecule has 0 radical (unpaired) electrons. The van der Waals surface area contributed by atoms with E-state index in [4.69, 9.17) is 4.98 Å². The number of rotatable bonds is 8. The van der Waals surface area contributed by atoms with E-state index in [0.29, 0.717) is 36.5 Å². The lowest BCUT2D eigenvalue weighted by atomic mass is 9.98. The first-order valence-electron chi connectivity index (χ1n) is 12.6. The summed E-state index contributed by atoms with van der Waals surface area (Å²) in [6.07, 6.45) is 4.52. The van der Waals surface area contributed by atoms with Gasteiger partial charge in [-0.05, 0) is 34.7 Å². The fourth-order valence-corrected chi connectivity index (χ4v) is 4.66. The summed E-state index contributed by atoms with van der Waals surface area (Å²) in [6.45, 7) is 6.97. The molecule has 0 spiro atoms. The van der Waals surface area contributed by atoms with Gasteiger partial charge in [0.2, 0.25) is 5.82 Å². The monoisotopic (exact) mass is 510 g/mol. The minimum Gasteiger partial charge on any atom is -0.317 e. The van der Waals surface area contributed by atoms with Gasteiger partial charge in [0.05, 0.1) is 0 Å². The summed E-state index contributed by atoms with van der Waals surface area (Å²) in [4.78, 5) is 31.1. The lowest BCUT2D eigenvalue weighted by molar-refractivity contribution is 0.500. The average molecular weight is 511 g/mol. The van der Waals surface area contributed by atoms with Crippen molar-refractivity contribution in [1.82, 2.24) is 39.3 Å². The topological polar surface area (TPSA) is 116 Å². The molecule has 0 aliphatic carbocycles. The Bertz CT molecular complexity index is 1720. The molecule has 5 rings (SSSR count). The van der Waals surface area contributed by atoms with Gasteiger partial charge in [-0.3, -0.25) is 13.9 Å². The molecule has 10 heteroatoms. The van der Waals surface area contributed by atoms with Crippen molar-refractivity contribution >= 4 is 11.2 Å². The zero-order valence-electron chi connectivity index (χ0n) is 21.9. The first kappa shape index (κ1) is 25.1. The van der Waals surface area contributed by atoms with Crippen molar-refractivity contribution in [3.05, 3.63) is 92.9 Å². The highest BCUT2D eigenvalue weighted by Crippen LogP contribution is 2.30. The molecule has 0 amide bonds. The van der Waals surface area contributed by atoms with Crippen LogP contribution in [0.25, 0.3) is 33.7 Å². The SMILES string of the molecule is CC=CCc1nc2c(c(=O)n(C)c(=O)n2CC(C)C)n1Cc1ccc(-c2ccccc2-c2nn[nH]n2)cc1. The second kappa shape index (κ2) is 10.4.